The number of carbonyl (C=O) groups excluding carboxylic acids is 1. The number of fused-ring (bicyclic) bond motifs is 1. The second-order valence-corrected chi connectivity index (χ2v) is 8.65. The third-order valence-electron chi connectivity index (χ3n) is 4.42. The van der Waals surface area contributed by atoms with Gasteiger partial charge in [-0.2, -0.15) is 0 Å². The first-order chi connectivity index (χ1) is 12.1. The number of hydrogen-bond donors (Lipinski definition) is 1. The van der Waals surface area contributed by atoms with Crippen LogP contribution in [0.15, 0.2) is 11.2 Å². The summed E-state index contributed by atoms with van der Waals surface area (Å²) in [5, 5.41) is 4.82. The third-order valence-corrected chi connectivity index (χ3v) is 6.00. The summed E-state index contributed by atoms with van der Waals surface area (Å²) in [5.41, 5.74) is 0. The van der Waals surface area contributed by atoms with E-state index in [1.54, 1.807) is 11.8 Å². The predicted molar refractivity (Wildman–Crippen MR) is 107 cm³/mol. The molecular formula is C18H26N4OS2. The van der Waals surface area contributed by atoms with Crippen LogP contribution >= 0.6 is 23.1 Å². The van der Waals surface area contributed by atoms with Crippen LogP contribution in [0.1, 0.15) is 49.2 Å². The van der Waals surface area contributed by atoms with Gasteiger partial charge in [0.2, 0.25) is 0 Å². The molecule has 0 saturated carbocycles. The minimum absolute atomic E-state index is 0.000976. The van der Waals surface area contributed by atoms with E-state index in [1.165, 1.54) is 30.6 Å². The molecule has 3 rings (SSSR count). The number of carbonyl (C=O) groups is 1. The molecule has 3 heterocycles. The molecule has 2 aromatic rings. The van der Waals surface area contributed by atoms with Gasteiger partial charge in [0.25, 0.3) is 5.91 Å². The Morgan fingerprint density at radius 1 is 1.32 bits per heavy atom. The number of thioether (sulfide) groups is 1. The van der Waals surface area contributed by atoms with Crippen molar-refractivity contribution in [3.63, 3.8) is 0 Å². The number of piperidine rings is 1. The van der Waals surface area contributed by atoms with E-state index < -0.39 is 0 Å². The van der Waals surface area contributed by atoms with Crippen molar-refractivity contribution in [1.29, 1.82) is 0 Å². The summed E-state index contributed by atoms with van der Waals surface area (Å²) in [6, 6.07) is 1.97. The van der Waals surface area contributed by atoms with Crippen LogP contribution in [0, 0.1) is 5.92 Å². The molecule has 1 amide bonds. The normalized spacial score (nSPS) is 15.1. The zero-order valence-electron chi connectivity index (χ0n) is 15.2. The van der Waals surface area contributed by atoms with Gasteiger partial charge in [0.05, 0.1) is 10.3 Å². The van der Waals surface area contributed by atoms with Crippen molar-refractivity contribution in [2.75, 3.05) is 30.8 Å². The maximum atomic E-state index is 12.5. The maximum absolute atomic E-state index is 12.5. The monoisotopic (exact) mass is 378 g/mol. The van der Waals surface area contributed by atoms with E-state index >= 15 is 0 Å². The highest BCUT2D eigenvalue weighted by Gasteiger charge is 2.20. The molecule has 0 radical (unpaired) electrons. The molecule has 5 nitrogen and oxygen atoms in total. The molecule has 0 atom stereocenters. The third kappa shape index (κ3) is 4.44. The molecular weight excluding hydrogens is 352 g/mol. The molecule has 25 heavy (non-hydrogen) atoms. The average molecular weight is 379 g/mol. The lowest BCUT2D eigenvalue weighted by atomic mass is 10.1. The summed E-state index contributed by atoms with van der Waals surface area (Å²) in [4.78, 5) is 25.8. The van der Waals surface area contributed by atoms with Gasteiger partial charge in [0, 0.05) is 19.6 Å². The molecule has 1 aliphatic heterocycles. The van der Waals surface area contributed by atoms with Crippen molar-refractivity contribution in [1.82, 2.24) is 15.3 Å². The highest BCUT2D eigenvalue weighted by atomic mass is 32.2. The summed E-state index contributed by atoms with van der Waals surface area (Å²) >= 11 is 3.02. The van der Waals surface area contributed by atoms with Crippen LogP contribution < -0.4 is 10.2 Å². The van der Waals surface area contributed by atoms with E-state index in [9.17, 15) is 4.79 Å². The van der Waals surface area contributed by atoms with Gasteiger partial charge in [-0.05, 0) is 43.9 Å². The fraction of sp³-hybridized carbons (Fsp3) is 0.611. The highest BCUT2D eigenvalue weighted by molar-refractivity contribution is 7.98. The predicted octanol–water partition coefficient (Wildman–Crippen LogP) is 4.18. The highest BCUT2D eigenvalue weighted by Crippen LogP contribution is 2.33. The number of aromatic nitrogens is 2. The van der Waals surface area contributed by atoms with Gasteiger partial charge in [-0.15, -0.1) is 11.3 Å². The minimum Gasteiger partial charge on any atom is -0.356 e. The Bertz CT molecular complexity index is 738. The van der Waals surface area contributed by atoms with Gasteiger partial charge in [-0.3, -0.25) is 4.79 Å². The van der Waals surface area contributed by atoms with Crippen LogP contribution in [0.5, 0.6) is 0 Å². The van der Waals surface area contributed by atoms with E-state index in [-0.39, 0.29) is 5.91 Å². The number of nitrogens with zero attached hydrogens (tertiary/aromatic N) is 3. The second kappa shape index (κ2) is 8.36. The number of thiophene rings is 1. The largest absolute Gasteiger partial charge is 0.356 e. The van der Waals surface area contributed by atoms with Crippen molar-refractivity contribution >= 4 is 45.0 Å². The summed E-state index contributed by atoms with van der Waals surface area (Å²) in [7, 11) is 0. The number of amides is 1. The van der Waals surface area contributed by atoms with Gasteiger partial charge >= 0.3 is 0 Å². The summed E-state index contributed by atoms with van der Waals surface area (Å²) in [6.07, 6.45) is 6.67. The van der Waals surface area contributed by atoms with Crippen LogP contribution in [0.25, 0.3) is 10.2 Å². The maximum Gasteiger partial charge on any atom is 0.261 e. The average Bonchev–Trinajstić information content (AvgIpc) is 3.05. The first kappa shape index (κ1) is 18.5. The SMILES string of the molecule is CSc1nc(N2CCCCC2)c2cc(C(=O)NCCC(C)C)sc2n1. The quantitative estimate of drug-likeness (QED) is 0.604. The van der Waals surface area contributed by atoms with Crippen molar-refractivity contribution in [3.8, 4) is 0 Å². The number of hydrogen-bond acceptors (Lipinski definition) is 6. The zero-order valence-corrected chi connectivity index (χ0v) is 16.8. The molecule has 0 unspecified atom stereocenters. The molecule has 1 N–H and O–H groups in total. The zero-order chi connectivity index (χ0) is 17.8. The van der Waals surface area contributed by atoms with Gasteiger partial charge < -0.3 is 10.2 Å². The molecule has 136 valence electrons. The van der Waals surface area contributed by atoms with Crippen LogP contribution in [0.2, 0.25) is 0 Å². The van der Waals surface area contributed by atoms with Gasteiger partial charge in [-0.25, -0.2) is 9.97 Å². The number of nitrogens with one attached hydrogen (secondary N) is 1. The molecule has 1 fully saturated rings. The lowest BCUT2D eigenvalue weighted by Gasteiger charge is -2.28. The van der Waals surface area contributed by atoms with Crippen LogP contribution in [0.3, 0.4) is 0 Å². The Morgan fingerprint density at radius 2 is 2.08 bits per heavy atom. The van der Waals surface area contributed by atoms with Crippen LogP contribution in [0.4, 0.5) is 5.82 Å². The Labute approximate surface area is 157 Å². The van der Waals surface area contributed by atoms with Crippen LogP contribution in [-0.4, -0.2) is 41.8 Å². The minimum atomic E-state index is -0.000976. The molecule has 7 heteroatoms. The van der Waals surface area contributed by atoms with E-state index in [1.807, 2.05) is 12.3 Å². The Hall–Kier alpha value is -1.34. The molecule has 1 aliphatic rings. The van der Waals surface area contributed by atoms with E-state index in [4.69, 9.17) is 4.98 Å². The first-order valence-electron chi connectivity index (χ1n) is 8.97. The fourth-order valence-corrected chi connectivity index (χ4v) is 4.36. The van der Waals surface area contributed by atoms with Crippen LogP contribution in [-0.2, 0) is 0 Å². The Kier molecular flexibility index (Phi) is 6.17. The molecule has 1 saturated heterocycles. The topological polar surface area (TPSA) is 58.1 Å². The molecule has 0 bridgehead atoms. The van der Waals surface area contributed by atoms with E-state index in [2.05, 4.69) is 29.0 Å². The second-order valence-electron chi connectivity index (χ2n) is 6.85. The molecule has 2 aromatic heterocycles. The molecule has 0 aromatic carbocycles. The number of rotatable bonds is 6. The summed E-state index contributed by atoms with van der Waals surface area (Å²) in [5.74, 6) is 1.58. The lowest BCUT2D eigenvalue weighted by Crippen LogP contribution is -2.30. The van der Waals surface area contributed by atoms with Crippen molar-refractivity contribution in [2.45, 2.75) is 44.7 Å². The fourth-order valence-electron chi connectivity index (χ4n) is 3.00. The van der Waals surface area contributed by atoms with Gasteiger partial charge in [0.15, 0.2) is 5.16 Å². The van der Waals surface area contributed by atoms with Gasteiger partial charge in [0.1, 0.15) is 10.6 Å². The van der Waals surface area contributed by atoms with E-state index in [0.29, 0.717) is 12.5 Å². The lowest BCUT2D eigenvalue weighted by molar-refractivity contribution is 0.0956. The number of anilines is 1. The summed E-state index contributed by atoms with van der Waals surface area (Å²) in [6.45, 7) is 7.11. The van der Waals surface area contributed by atoms with Crippen molar-refractivity contribution < 1.29 is 4.79 Å². The summed E-state index contributed by atoms with van der Waals surface area (Å²) < 4.78 is 0. The Balaban J connectivity index is 1.88. The smallest absolute Gasteiger partial charge is 0.261 e. The standard InChI is InChI=1S/C18H26N4OS2/c1-12(2)7-8-19-16(23)14-11-13-15(22-9-5-4-6-10-22)20-18(24-3)21-17(13)25-14/h11-12H,4-10H2,1-3H3,(H,19,23). The van der Waals surface area contributed by atoms with Crippen molar-refractivity contribution in [3.05, 3.63) is 10.9 Å². The molecule has 0 aliphatic carbocycles. The van der Waals surface area contributed by atoms with Gasteiger partial charge in [-0.1, -0.05) is 25.6 Å². The first-order valence-corrected chi connectivity index (χ1v) is 11.0. The molecule has 0 spiro atoms. The van der Waals surface area contributed by atoms with Crippen molar-refractivity contribution in [2.24, 2.45) is 5.92 Å². The Morgan fingerprint density at radius 3 is 2.76 bits per heavy atom. The van der Waals surface area contributed by atoms with E-state index in [0.717, 1.165) is 45.6 Å².